The van der Waals surface area contributed by atoms with E-state index in [4.69, 9.17) is 10.8 Å². The Labute approximate surface area is 119 Å². The van der Waals surface area contributed by atoms with Crippen LogP contribution in [-0.2, 0) is 0 Å². The van der Waals surface area contributed by atoms with E-state index >= 15 is 0 Å². The molecule has 18 heavy (non-hydrogen) atoms. The molecule has 0 saturated carbocycles. The van der Waals surface area contributed by atoms with E-state index in [0.29, 0.717) is 5.56 Å². The summed E-state index contributed by atoms with van der Waals surface area (Å²) in [5, 5.41) is 9.10. The number of rotatable bonds is 2. The maximum Gasteiger partial charge on any atom is 0.337 e. The van der Waals surface area contributed by atoms with E-state index in [-0.39, 0.29) is 30.9 Å². The first-order valence-corrected chi connectivity index (χ1v) is 5.51. The zero-order chi connectivity index (χ0) is 11.5. The van der Waals surface area contributed by atoms with Gasteiger partial charge in [-0.1, -0.05) is 12.1 Å². The number of piperidine rings is 1. The van der Waals surface area contributed by atoms with E-state index in [1.54, 1.807) is 12.1 Å². The summed E-state index contributed by atoms with van der Waals surface area (Å²) in [4.78, 5) is 13.2. The van der Waals surface area contributed by atoms with Gasteiger partial charge in [-0.05, 0) is 25.0 Å². The van der Waals surface area contributed by atoms with Gasteiger partial charge in [0, 0.05) is 19.1 Å². The molecule has 4 nitrogen and oxygen atoms in total. The second kappa shape index (κ2) is 7.46. The smallest absolute Gasteiger partial charge is 0.337 e. The van der Waals surface area contributed by atoms with Crippen molar-refractivity contribution in [3.8, 4) is 0 Å². The van der Waals surface area contributed by atoms with Crippen LogP contribution in [0.25, 0.3) is 0 Å². The van der Waals surface area contributed by atoms with Gasteiger partial charge in [-0.15, -0.1) is 24.8 Å². The number of halogens is 2. The normalized spacial score (nSPS) is 15.5. The summed E-state index contributed by atoms with van der Waals surface area (Å²) in [6, 6.07) is 7.39. The van der Waals surface area contributed by atoms with Gasteiger partial charge in [-0.3, -0.25) is 0 Å². The highest BCUT2D eigenvalue weighted by Gasteiger charge is 2.20. The molecule has 0 unspecified atom stereocenters. The van der Waals surface area contributed by atoms with Gasteiger partial charge >= 0.3 is 5.97 Å². The van der Waals surface area contributed by atoms with Crippen LogP contribution in [0.15, 0.2) is 24.3 Å². The van der Waals surface area contributed by atoms with Crippen LogP contribution in [0.5, 0.6) is 0 Å². The first kappa shape index (κ1) is 17.0. The van der Waals surface area contributed by atoms with Crippen molar-refractivity contribution in [3.05, 3.63) is 29.8 Å². The fraction of sp³-hybridized carbons (Fsp3) is 0.417. The van der Waals surface area contributed by atoms with Crippen molar-refractivity contribution >= 4 is 36.5 Å². The van der Waals surface area contributed by atoms with Crippen LogP contribution in [0.4, 0.5) is 5.69 Å². The summed E-state index contributed by atoms with van der Waals surface area (Å²) >= 11 is 0. The molecule has 0 spiro atoms. The number of para-hydroxylation sites is 1. The van der Waals surface area contributed by atoms with E-state index in [0.717, 1.165) is 31.6 Å². The molecular weight excluding hydrogens is 275 g/mol. The van der Waals surface area contributed by atoms with Gasteiger partial charge in [0.2, 0.25) is 0 Å². The minimum atomic E-state index is -0.870. The van der Waals surface area contributed by atoms with Gasteiger partial charge in [0.25, 0.3) is 0 Å². The summed E-state index contributed by atoms with van der Waals surface area (Å²) in [6.45, 7) is 1.68. The molecule has 3 N–H and O–H groups in total. The third kappa shape index (κ3) is 3.77. The highest BCUT2D eigenvalue weighted by Crippen LogP contribution is 2.23. The minimum absolute atomic E-state index is 0. The lowest BCUT2D eigenvalue weighted by Gasteiger charge is -2.32. The minimum Gasteiger partial charge on any atom is -0.478 e. The van der Waals surface area contributed by atoms with Crippen molar-refractivity contribution in [2.24, 2.45) is 5.73 Å². The predicted molar refractivity (Wildman–Crippen MR) is 77.3 cm³/mol. The lowest BCUT2D eigenvalue weighted by Crippen LogP contribution is -2.40. The molecule has 0 radical (unpaired) electrons. The van der Waals surface area contributed by atoms with Crippen LogP contribution in [0, 0.1) is 0 Å². The molecule has 0 bridgehead atoms. The molecule has 0 aliphatic carbocycles. The molecule has 1 fully saturated rings. The van der Waals surface area contributed by atoms with E-state index in [1.165, 1.54) is 0 Å². The fourth-order valence-electron chi connectivity index (χ4n) is 2.07. The van der Waals surface area contributed by atoms with Gasteiger partial charge in [0.1, 0.15) is 0 Å². The van der Waals surface area contributed by atoms with Crippen LogP contribution >= 0.6 is 24.8 Å². The van der Waals surface area contributed by atoms with Gasteiger partial charge in [0.15, 0.2) is 0 Å². The Kier molecular flexibility index (Phi) is 7.06. The predicted octanol–water partition coefficient (Wildman–Crippen LogP) is 2.16. The van der Waals surface area contributed by atoms with Gasteiger partial charge in [-0.25, -0.2) is 4.79 Å². The van der Waals surface area contributed by atoms with E-state index in [2.05, 4.69) is 4.90 Å². The average Bonchev–Trinajstić information content (AvgIpc) is 2.30. The highest BCUT2D eigenvalue weighted by atomic mass is 35.5. The Morgan fingerprint density at radius 2 is 1.78 bits per heavy atom. The summed E-state index contributed by atoms with van der Waals surface area (Å²) in [5.41, 5.74) is 7.01. The number of nitrogens with two attached hydrogens (primary N) is 1. The van der Waals surface area contributed by atoms with Crippen molar-refractivity contribution in [2.75, 3.05) is 18.0 Å². The standard InChI is InChI=1S/C12H16N2O2.2ClH/c13-9-5-7-14(8-6-9)11-4-2-1-3-10(11)12(15)16;;/h1-4,9H,5-8,13H2,(H,15,16);2*1H. The molecular formula is C12H18Cl2N2O2. The second-order valence-electron chi connectivity index (χ2n) is 4.15. The van der Waals surface area contributed by atoms with Crippen molar-refractivity contribution in [2.45, 2.75) is 18.9 Å². The molecule has 1 aliphatic rings. The maximum atomic E-state index is 11.1. The quantitative estimate of drug-likeness (QED) is 0.877. The first-order valence-electron chi connectivity index (χ1n) is 5.51. The van der Waals surface area contributed by atoms with E-state index in [1.807, 2.05) is 12.1 Å². The number of nitrogens with zero attached hydrogens (tertiary/aromatic N) is 1. The molecule has 102 valence electrons. The van der Waals surface area contributed by atoms with Gasteiger partial charge < -0.3 is 15.7 Å². The summed E-state index contributed by atoms with van der Waals surface area (Å²) in [6.07, 6.45) is 1.85. The van der Waals surface area contributed by atoms with E-state index < -0.39 is 5.97 Å². The van der Waals surface area contributed by atoms with Crippen LogP contribution in [0.1, 0.15) is 23.2 Å². The monoisotopic (exact) mass is 292 g/mol. The number of hydrogen-bond acceptors (Lipinski definition) is 3. The fourth-order valence-corrected chi connectivity index (χ4v) is 2.07. The lowest BCUT2D eigenvalue weighted by atomic mass is 10.0. The zero-order valence-corrected chi connectivity index (χ0v) is 11.5. The zero-order valence-electron chi connectivity index (χ0n) is 9.91. The van der Waals surface area contributed by atoms with Crippen molar-refractivity contribution in [1.29, 1.82) is 0 Å². The third-order valence-electron chi connectivity index (χ3n) is 3.01. The Balaban J connectivity index is 0.00000144. The van der Waals surface area contributed by atoms with Crippen molar-refractivity contribution in [1.82, 2.24) is 0 Å². The number of benzene rings is 1. The lowest BCUT2D eigenvalue weighted by molar-refractivity contribution is 0.0697. The molecule has 0 aromatic heterocycles. The van der Waals surface area contributed by atoms with Crippen LogP contribution in [-0.4, -0.2) is 30.2 Å². The SMILES string of the molecule is Cl.Cl.NC1CCN(c2ccccc2C(=O)O)CC1. The Morgan fingerprint density at radius 1 is 1.22 bits per heavy atom. The number of aromatic carboxylic acids is 1. The van der Waals surface area contributed by atoms with Crippen LogP contribution < -0.4 is 10.6 Å². The third-order valence-corrected chi connectivity index (χ3v) is 3.01. The van der Waals surface area contributed by atoms with Crippen molar-refractivity contribution in [3.63, 3.8) is 0 Å². The topological polar surface area (TPSA) is 66.6 Å². The summed E-state index contributed by atoms with van der Waals surface area (Å²) in [5.74, 6) is -0.870. The Morgan fingerprint density at radius 3 is 2.33 bits per heavy atom. The molecule has 1 aromatic carbocycles. The molecule has 1 heterocycles. The Hall–Kier alpha value is -0.970. The van der Waals surface area contributed by atoms with Crippen molar-refractivity contribution < 1.29 is 9.90 Å². The number of hydrogen-bond donors (Lipinski definition) is 2. The second-order valence-corrected chi connectivity index (χ2v) is 4.15. The molecule has 2 rings (SSSR count). The molecule has 1 aliphatic heterocycles. The number of anilines is 1. The number of carboxylic acid groups (broad SMARTS) is 1. The molecule has 1 saturated heterocycles. The van der Waals surface area contributed by atoms with E-state index in [9.17, 15) is 4.79 Å². The van der Waals surface area contributed by atoms with Crippen LogP contribution in [0.2, 0.25) is 0 Å². The number of carbonyl (C=O) groups is 1. The maximum absolute atomic E-state index is 11.1. The first-order chi connectivity index (χ1) is 7.68. The average molecular weight is 293 g/mol. The largest absolute Gasteiger partial charge is 0.478 e. The summed E-state index contributed by atoms with van der Waals surface area (Å²) < 4.78 is 0. The highest BCUT2D eigenvalue weighted by molar-refractivity contribution is 5.94. The molecule has 6 heteroatoms. The number of carboxylic acids is 1. The molecule has 1 aromatic rings. The van der Waals surface area contributed by atoms with Gasteiger partial charge in [-0.2, -0.15) is 0 Å². The Bertz CT molecular complexity index is 393. The molecule has 0 atom stereocenters. The summed E-state index contributed by atoms with van der Waals surface area (Å²) in [7, 11) is 0. The molecule has 0 amide bonds. The van der Waals surface area contributed by atoms with Gasteiger partial charge in [0.05, 0.1) is 11.3 Å². The van der Waals surface area contributed by atoms with Crippen LogP contribution in [0.3, 0.4) is 0 Å².